The molecule has 1 nitrogen and oxygen atoms in total. The monoisotopic (exact) mass is 327 g/mol. The first-order valence-corrected chi connectivity index (χ1v) is 16.1. The second kappa shape index (κ2) is 8.17. The minimum absolute atomic E-state index is 0.992. The first-order chi connectivity index (χ1) is 7.68. The molecule has 101 valence electrons. The zero-order valence-corrected chi connectivity index (χ0v) is 16.0. The van der Waals surface area contributed by atoms with Gasteiger partial charge in [-0.05, 0) is 44.3 Å². The van der Waals surface area contributed by atoms with Gasteiger partial charge in [-0.1, -0.05) is 18.9 Å². The zero-order chi connectivity index (χ0) is 13.5. The van der Waals surface area contributed by atoms with E-state index in [1.807, 2.05) is 6.08 Å². The van der Waals surface area contributed by atoms with Crippen molar-refractivity contribution in [1.82, 2.24) is 0 Å². The average Bonchev–Trinajstić information content (AvgIpc) is 2.10. The van der Waals surface area contributed by atoms with Crippen molar-refractivity contribution in [3.8, 4) is 0 Å². The minimum atomic E-state index is -1.52. The number of hydrogen-bond acceptors (Lipinski definition) is 1. The fraction of sp³-hybridized carbons (Fsp3) is 0.818. The molecule has 0 heterocycles. The Hall–Kier alpha value is 0.931. The zero-order valence-electron chi connectivity index (χ0n) is 11.5. The van der Waals surface area contributed by atoms with Crippen molar-refractivity contribution in [1.29, 1.82) is 0 Å². The molecule has 0 aromatic heterocycles. The summed E-state index contributed by atoms with van der Waals surface area (Å²) in [5.41, 5.74) is 0. The molecular weight excluding hydrogens is 303 g/mol. The fourth-order valence-corrected chi connectivity index (χ4v) is 11.8. The van der Waals surface area contributed by atoms with E-state index in [0.717, 1.165) is 18.5 Å². The van der Waals surface area contributed by atoms with Gasteiger partial charge in [-0.2, -0.15) is 0 Å². The molecule has 0 bridgehead atoms. The summed E-state index contributed by atoms with van der Waals surface area (Å²) in [5.74, 6) is 0. The van der Waals surface area contributed by atoms with E-state index in [9.17, 15) is 0 Å². The van der Waals surface area contributed by atoms with Crippen LogP contribution in [0.4, 0.5) is 0 Å². The highest BCUT2D eigenvalue weighted by atomic mass is 35.7. The lowest BCUT2D eigenvalue weighted by molar-refractivity contribution is 0.538. The van der Waals surface area contributed by atoms with E-state index < -0.39 is 24.1 Å². The normalized spacial score (nSPS) is 13.1. The van der Waals surface area contributed by atoms with Gasteiger partial charge in [0.05, 0.1) is 0 Å². The highest BCUT2D eigenvalue weighted by Gasteiger charge is 2.31. The van der Waals surface area contributed by atoms with E-state index in [0.29, 0.717) is 0 Å². The van der Waals surface area contributed by atoms with E-state index in [4.69, 9.17) is 26.3 Å². The van der Waals surface area contributed by atoms with Crippen molar-refractivity contribution < 1.29 is 4.12 Å². The molecular formula is C11H25Cl2OSi3. The van der Waals surface area contributed by atoms with Gasteiger partial charge in [0.25, 0.3) is 7.42 Å². The molecule has 0 amide bonds. The SMILES string of the molecule is C=CC[Si](C)(C)O[Si](C)(C)CCCC[Si](Cl)Cl. The van der Waals surface area contributed by atoms with Gasteiger partial charge in [0.1, 0.15) is 0 Å². The molecule has 0 unspecified atom stereocenters. The summed E-state index contributed by atoms with van der Waals surface area (Å²) in [6.45, 7) is 13.0. The number of allylic oxidation sites excluding steroid dienone is 1. The van der Waals surface area contributed by atoms with Gasteiger partial charge in [0.15, 0.2) is 16.6 Å². The summed E-state index contributed by atoms with van der Waals surface area (Å²) < 4.78 is 6.42. The Morgan fingerprint density at radius 2 is 1.71 bits per heavy atom. The Bertz CT molecular complexity index is 233. The van der Waals surface area contributed by atoms with Gasteiger partial charge in [0, 0.05) is 0 Å². The predicted molar refractivity (Wildman–Crippen MR) is 87.4 cm³/mol. The molecule has 0 aromatic rings. The number of halogens is 2. The summed E-state index contributed by atoms with van der Waals surface area (Å²) >= 11 is 11.6. The quantitative estimate of drug-likeness (QED) is 0.240. The van der Waals surface area contributed by atoms with Gasteiger partial charge >= 0.3 is 0 Å². The fourth-order valence-electron chi connectivity index (χ4n) is 2.00. The van der Waals surface area contributed by atoms with Crippen molar-refractivity contribution in [2.24, 2.45) is 0 Å². The molecule has 0 atom stereocenters. The van der Waals surface area contributed by atoms with Crippen molar-refractivity contribution in [3.05, 3.63) is 12.7 Å². The molecule has 0 saturated heterocycles. The minimum Gasteiger partial charge on any atom is -0.455 e. The lowest BCUT2D eigenvalue weighted by Gasteiger charge is -2.33. The van der Waals surface area contributed by atoms with Crippen molar-refractivity contribution in [2.45, 2.75) is 57.2 Å². The van der Waals surface area contributed by atoms with Gasteiger partial charge < -0.3 is 4.12 Å². The van der Waals surface area contributed by atoms with Crippen LogP contribution in [0.2, 0.25) is 44.3 Å². The van der Waals surface area contributed by atoms with E-state index in [-0.39, 0.29) is 0 Å². The topological polar surface area (TPSA) is 9.23 Å². The number of hydrogen-bond donors (Lipinski definition) is 0. The smallest absolute Gasteiger partial charge is 0.273 e. The second-order valence-electron chi connectivity index (χ2n) is 5.66. The van der Waals surface area contributed by atoms with Crippen molar-refractivity contribution in [3.63, 3.8) is 0 Å². The Morgan fingerprint density at radius 3 is 2.18 bits per heavy atom. The van der Waals surface area contributed by atoms with Crippen LogP contribution in [0.1, 0.15) is 12.8 Å². The van der Waals surface area contributed by atoms with Crippen LogP contribution in [0.25, 0.3) is 0 Å². The molecule has 0 aliphatic rings. The maximum Gasteiger partial charge on any atom is 0.273 e. The molecule has 6 heteroatoms. The number of rotatable bonds is 9. The molecule has 0 saturated carbocycles. The van der Waals surface area contributed by atoms with Crippen LogP contribution in [0.5, 0.6) is 0 Å². The van der Waals surface area contributed by atoms with E-state index in [1.165, 1.54) is 12.5 Å². The van der Waals surface area contributed by atoms with Crippen LogP contribution in [0.15, 0.2) is 12.7 Å². The van der Waals surface area contributed by atoms with Crippen LogP contribution < -0.4 is 0 Å². The summed E-state index contributed by atoms with van der Waals surface area (Å²) in [4.78, 5) is 0. The van der Waals surface area contributed by atoms with E-state index in [1.54, 1.807) is 0 Å². The lowest BCUT2D eigenvalue weighted by atomic mass is 10.4. The molecule has 17 heavy (non-hydrogen) atoms. The predicted octanol–water partition coefficient (Wildman–Crippen LogP) is 5.35. The average molecular weight is 328 g/mol. The van der Waals surface area contributed by atoms with E-state index in [2.05, 4.69) is 32.8 Å². The first kappa shape index (κ1) is 17.9. The Labute approximate surface area is 120 Å². The maximum atomic E-state index is 6.42. The van der Waals surface area contributed by atoms with E-state index >= 15 is 0 Å². The Balaban J connectivity index is 3.98. The molecule has 0 fully saturated rings. The molecule has 0 spiro atoms. The van der Waals surface area contributed by atoms with Crippen LogP contribution >= 0.6 is 22.2 Å². The second-order valence-corrected chi connectivity index (χ2v) is 18.9. The van der Waals surface area contributed by atoms with Crippen LogP contribution in [-0.2, 0) is 4.12 Å². The highest BCUT2D eigenvalue weighted by molar-refractivity contribution is 7.33. The first-order valence-electron chi connectivity index (χ1n) is 6.16. The van der Waals surface area contributed by atoms with Crippen LogP contribution in [0.3, 0.4) is 0 Å². The third-order valence-electron chi connectivity index (χ3n) is 2.58. The molecule has 0 aliphatic carbocycles. The molecule has 0 N–H and O–H groups in total. The molecule has 0 aliphatic heterocycles. The third kappa shape index (κ3) is 10.5. The molecule has 0 rings (SSSR count). The number of unbranched alkanes of at least 4 members (excludes halogenated alkanes) is 1. The molecule has 1 radical (unpaired) electrons. The summed E-state index contributed by atoms with van der Waals surface area (Å²) in [6.07, 6.45) is 4.34. The van der Waals surface area contributed by atoms with Crippen LogP contribution in [0, 0.1) is 0 Å². The van der Waals surface area contributed by atoms with Gasteiger partial charge in [-0.15, -0.1) is 28.7 Å². The lowest BCUT2D eigenvalue weighted by Crippen LogP contribution is -2.43. The molecule has 0 aromatic carbocycles. The van der Waals surface area contributed by atoms with Crippen molar-refractivity contribution in [2.75, 3.05) is 0 Å². The highest BCUT2D eigenvalue weighted by Crippen LogP contribution is 2.24. The summed E-state index contributed by atoms with van der Waals surface area (Å²) in [6, 6.07) is 3.25. The standard InChI is InChI=1S/C11H25Cl2OSi3/c1-6-10-16(2,3)14-17(4,5)11-8-7-9-15(12)13/h6H,1,7-11H2,2-5H3. The van der Waals surface area contributed by atoms with Crippen molar-refractivity contribution >= 4 is 46.2 Å². The Morgan fingerprint density at radius 1 is 1.12 bits per heavy atom. The Kier molecular flexibility index (Phi) is 8.62. The maximum absolute atomic E-state index is 6.42. The largest absolute Gasteiger partial charge is 0.455 e. The van der Waals surface area contributed by atoms with Gasteiger partial charge in [0.2, 0.25) is 0 Å². The van der Waals surface area contributed by atoms with Gasteiger partial charge in [-0.3, -0.25) is 0 Å². The van der Waals surface area contributed by atoms with Gasteiger partial charge in [-0.25, -0.2) is 0 Å². The van der Waals surface area contributed by atoms with Crippen LogP contribution in [-0.4, -0.2) is 24.1 Å². The third-order valence-corrected chi connectivity index (χ3v) is 11.7. The summed E-state index contributed by atoms with van der Waals surface area (Å²) in [7, 11) is -4.11. The summed E-state index contributed by atoms with van der Waals surface area (Å²) in [5, 5.41) is 0.